The number of thioether (sulfide) groups is 2. The molecule has 282 valence electrons. The number of aryl methyl sites for hydroxylation is 2. The number of carbonyl (C=O) groups is 4. The summed E-state index contributed by atoms with van der Waals surface area (Å²) in [5, 5.41) is -0.533. The molecule has 54 heavy (non-hydrogen) atoms. The van der Waals surface area contributed by atoms with Gasteiger partial charge in [0.05, 0.1) is 35.8 Å². The quantitative estimate of drug-likeness (QED) is 0.0872. The summed E-state index contributed by atoms with van der Waals surface area (Å²) in [4.78, 5) is 54.5. The zero-order valence-electron chi connectivity index (χ0n) is 30.2. The van der Waals surface area contributed by atoms with Crippen molar-refractivity contribution < 1.29 is 37.4 Å². The lowest BCUT2D eigenvalue weighted by molar-refractivity contribution is -0.116. The predicted molar refractivity (Wildman–Crippen MR) is 209 cm³/mol. The molecule has 2 unspecified atom stereocenters. The van der Waals surface area contributed by atoms with Crippen molar-refractivity contribution in [2.75, 3.05) is 34.5 Å². The van der Waals surface area contributed by atoms with E-state index in [1.807, 2.05) is 13.8 Å². The first-order valence-corrected chi connectivity index (χ1v) is 20.1. The number of esters is 2. The van der Waals surface area contributed by atoms with Gasteiger partial charge in [0.25, 0.3) is 0 Å². The standard InChI is InChI=1S/C42H42F2N2O6S2/c1-27-23-31(13-19-35(27)45-37(47)25-53-39(45)29-9-15-33(43)16-10-29)41(49)51-21-7-5-3-4-6-8-22-52-42(50)32-14-20-36(28(2)24-32)46-38(48)26-54-40(46)30-11-17-34(44)18-12-30/h9-20,23-24,39-40H,3-8,21-22,25-26H2,1-2H3. The predicted octanol–water partition coefficient (Wildman–Crippen LogP) is 9.49. The van der Waals surface area contributed by atoms with E-state index in [1.165, 1.54) is 47.8 Å². The van der Waals surface area contributed by atoms with Crippen LogP contribution >= 0.6 is 23.5 Å². The van der Waals surface area contributed by atoms with Gasteiger partial charge in [-0.25, -0.2) is 18.4 Å². The summed E-state index contributed by atoms with van der Waals surface area (Å²) in [6, 6.07) is 22.7. The summed E-state index contributed by atoms with van der Waals surface area (Å²) < 4.78 is 38.0. The molecular formula is C42H42F2N2O6S2. The second kappa shape index (κ2) is 18.1. The van der Waals surface area contributed by atoms with Crippen LogP contribution in [0.15, 0.2) is 84.9 Å². The zero-order chi connectivity index (χ0) is 38.2. The van der Waals surface area contributed by atoms with Crippen molar-refractivity contribution >= 4 is 58.7 Å². The number of amides is 2. The fourth-order valence-electron chi connectivity index (χ4n) is 6.63. The number of hydrogen-bond acceptors (Lipinski definition) is 8. The van der Waals surface area contributed by atoms with Gasteiger partial charge in [0.1, 0.15) is 22.4 Å². The van der Waals surface area contributed by atoms with Gasteiger partial charge in [-0.3, -0.25) is 19.4 Å². The van der Waals surface area contributed by atoms with E-state index in [9.17, 15) is 28.0 Å². The number of unbranched alkanes of at least 4 members (excludes halogenated alkanes) is 5. The van der Waals surface area contributed by atoms with Gasteiger partial charge in [-0.05, 0) is 110 Å². The lowest BCUT2D eigenvalue weighted by Gasteiger charge is -2.26. The minimum absolute atomic E-state index is 0.0395. The van der Waals surface area contributed by atoms with Gasteiger partial charge in [0.15, 0.2) is 0 Å². The fraction of sp³-hybridized carbons (Fsp3) is 0.333. The van der Waals surface area contributed by atoms with E-state index in [1.54, 1.807) is 70.5 Å². The number of halogens is 2. The normalized spacial score (nSPS) is 17.0. The van der Waals surface area contributed by atoms with Gasteiger partial charge in [-0.15, -0.1) is 23.5 Å². The highest BCUT2D eigenvalue weighted by Crippen LogP contribution is 2.44. The third kappa shape index (κ3) is 9.33. The van der Waals surface area contributed by atoms with E-state index >= 15 is 0 Å². The first-order chi connectivity index (χ1) is 26.1. The third-order valence-electron chi connectivity index (χ3n) is 9.44. The Hall–Kier alpha value is -4.68. The summed E-state index contributed by atoms with van der Waals surface area (Å²) in [5.41, 5.74) is 5.50. The van der Waals surface area contributed by atoms with Gasteiger partial charge in [0, 0.05) is 11.4 Å². The molecule has 0 saturated carbocycles. The average Bonchev–Trinajstić information content (AvgIpc) is 3.74. The smallest absolute Gasteiger partial charge is 0.338 e. The number of nitrogens with zero attached hydrogens (tertiary/aromatic N) is 2. The highest BCUT2D eigenvalue weighted by Gasteiger charge is 2.36. The topological polar surface area (TPSA) is 93.2 Å². The molecule has 4 aromatic carbocycles. The molecule has 0 spiro atoms. The maximum absolute atomic E-state index is 13.5. The van der Waals surface area contributed by atoms with Crippen LogP contribution in [-0.4, -0.2) is 48.5 Å². The second-order valence-corrected chi connectivity index (χ2v) is 15.5. The van der Waals surface area contributed by atoms with Crippen molar-refractivity contribution in [3.8, 4) is 0 Å². The van der Waals surface area contributed by atoms with Crippen molar-refractivity contribution in [2.45, 2.75) is 63.1 Å². The molecule has 2 amide bonds. The van der Waals surface area contributed by atoms with Crippen LogP contribution in [0.4, 0.5) is 20.2 Å². The summed E-state index contributed by atoms with van der Waals surface area (Å²) in [5.74, 6) is -0.919. The Balaban J connectivity index is 0.869. The minimum Gasteiger partial charge on any atom is -0.462 e. The number of carbonyl (C=O) groups excluding carboxylic acids is 4. The van der Waals surface area contributed by atoms with E-state index in [0.717, 1.165) is 60.8 Å². The molecule has 0 aromatic heterocycles. The highest BCUT2D eigenvalue weighted by molar-refractivity contribution is 8.01. The van der Waals surface area contributed by atoms with E-state index in [2.05, 4.69) is 0 Å². The molecule has 4 aromatic rings. The third-order valence-corrected chi connectivity index (χ3v) is 11.9. The van der Waals surface area contributed by atoms with Crippen LogP contribution in [0.25, 0.3) is 0 Å². The first kappa shape index (κ1) is 39.0. The maximum atomic E-state index is 13.5. The van der Waals surface area contributed by atoms with E-state index in [4.69, 9.17) is 9.47 Å². The Labute approximate surface area is 322 Å². The van der Waals surface area contributed by atoms with Crippen LogP contribution in [0.2, 0.25) is 0 Å². The summed E-state index contributed by atoms with van der Waals surface area (Å²) in [6.07, 6.45) is 5.19. The van der Waals surface area contributed by atoms with Crippen molar-refractivity contribution in [1.29, 1.82) is 0 Å². The second-order valence-electron chi connectivity index (χ2n) is 13.4. The molecule has 2 aliphatic heterocycles. The first-order valence-electron chi connectivity index (χ1n) is 18.0. The van der Waals surface area contributed by atoms with E-state index in [0.29, 0.717) is 47.2 Å². The number of anilines is 2. The molecule has 0 bridgehead atoms. The maximum Gasteiger partial charge on any atom is 0.338 e. The van der Waals surface area contributed by atoms with Gasteiger partial charge in [0.2, 0.25) is 11.8 Å². The van der Waals surface area contributed by atoms with Crippen molar-refractivity contribution in [3.05, 3.63) is 130 Å². The molecular weight excluding hydrogens is 731 g/mol. The lowest BCUT2D eigenvalue weighted by atomic mass is 10.1. The molecule has 2 heterocycles. The van der Waals surface area contributed by atoms with E-state index in [-0.39, 0.29) is 34.2 Å². The Morgan fingerprint density at radius 1 is 0.593 bits per heavy atom. The van der Waals surface area contributed by atoms with Crippen LogP contribution in [0.3, 0.4) is 0 Å². The van der Waals surface area contributed by atoms with Crippen molar-refractivity contribution in [2.24, 2.45) is 0 Å². The van der Waals surface area contributed by atoms with Gasteiger partial charge < -0.3 is 9.47 Å². The molecule has 0 aliphatic carbocycles. The largest absolute Gasteiger partial charge is 0.462 e. The monoisotopic (exact) mass is 772 g/mol. The SMILES string of the molecule is Cc1cc(C(=O)OCCCCCCCCOC(=O)c2ccc(N3C(=O)CSC3c3ccc(F)cc3)c(C)c2)ccc1N1C(=O)CSC1c1ccc(F)cc1. The Bertz CT molecular complexity index is 1850. The number of ether oxygens (including phenoxy) is 2. The summed E-state index contributed by atoms with van der Waals surface area (Å²) in [6.45, 7) is 4.33. The Kier molecular flexibility index (Phi) is 13.1. The molecule has 2 fully saturated rings. The molecule has 8 nitrogen and oxygen atoms in total. The molecule has 0 N–H and O–H groups in total. The number of benzene rings is 4. The van der Waals surface area contributed by atoms with Crippen LogP contribution in [0.1, 0.15) is 92.2 Å². The van der Waals surface area contributed by atoms with Crippen LogP contribution in [-0.2, 0) is 19.1 Å². The fourth-order valence-corrected chi connectivity index (χ4v) is 8.97. The van der Waals surface area contributed by atoms with E-state index < -0.39 is 11.9 Å². The Morgan fingerprint density at radius 2 is 0.963 bits per heavy atom. The molecule has 2 aliphatic rings. The van der Waals surface area contributed by atoms with Crippen molar-refractivity contribution in [1.82, 2.24) is 0 Å². The number of hydrogen-bond donors (Lipinski definition) is 0. The molecule has 12 heteroatoms. The summed E-state index contributed by atoms with van der Waals surface area (Å²) >= 11 is 2.97. The minimum atomic E-state index is -0.411. The molecule has 2 atom stereocenters. The van der Waals surface area contributed by atoms with Crippen molar-refractivity contribution in [3.63, 3.8) is 0 Å². The Morgan fingerprint density at radius 3 is 1.33 bits per heavy atom. The highest BCUT2D eigenvalue weighted by atomic mass is 32.2. The number of rotatable bonds is 15. The van der Waals surface area contributed by atoms with Gasteiger partial charge >= 0.3 is 11.9 Å². The molecule has 6 rings (SSSR count). The summed E-state index contributed by atoms with van der Waals surface area (Å²) in [7, 11) is 0. The van der Waals surface area contributed by atoms with Gasteiger partial charge in [-0.2, -0.15) is 0 Å². The molecule has 2 saturated heterocycles. The van der Waals surface area contributed by atoms with Crippen LogP contribution < -0.4 is 9.80 Å². The van der Waals surface area contributed by atoms with Crippen LogP contribution in [0.5, 0.6) is 0 Å². The van der Waals surface area contributed by atoms with Gasteiger partial charge in [-0.1, -0.05) is 49.9 Å². The van der Waals surface area contributed by atoms with Crippen LogP contribution in [0, 0.1) is 25.5 Å². The lowest BCUT2D eigenvalue weighted by Crippen LogP contribution is -2.28. The average molecular weight is 773 g/mol. The zero-order valence-corrected chi connectivity index (χ0v) is 31.9. The molecule has 0 radical (unpaired) electrons.